The van der Waals surface area contributed by atoms with Crippen molar-refractivity contribution in [3.05, 3.63) is 70.5 Å². The molecular weight excluding hydrogens is 279 g/mol. The van der Waals surface area contributed by atoms with Crippen molar-refractivity contribution in [2.45, 2.75) is 19.9 Å². The van der Waals surface area contributed by atoms with Crippen LogP contribution in [0.5, 0.6) is 0 Å². The average Bonchev–Trinajstić information content (AvgIpc) is 2.37. The first-order valence-corrected chi connectivity index (χ1v) is 6.41. The first kappa shape index (κ1) is 15.1. The highest BCUT2D eigenvalue weighted by Gasteiger charge is 2.19. The van der Waals surface area contributed by atoms with Gasteiger partial charge in [-0.3, -0.25) is 4.79 Å². The summed E-state index contributed by atoms with van der Waals surface area (Å²) < 4.78 is 40.3. The molecule has 1 N–H and O–H groups in total. The second-order valence-corrected chi connectivity index (χ2v) is 4.79. The van der Waals surface area contributed by atoms with Gasteiger partial charge >= 0.3 is 0 Å². The van der Waals surface area contributed by atoms with Gasteiger partial charge in [-0.2, -0.15) is 0 Å². The Kier molecular flexibility index (Phi) is 4.31. The summed E-state index contributed by atoms with van der Waals surface area (Å²) in [5, 5.41) is 2.51. The molecule has 21 heavy (non-hydrogen) atoms. The molecule has 1 amide bonds. The van der Waals surface area contributed by atoms with Gasteiger partial charge in [-0.05, 0) is 49.7 Å². The molecule has 1 unspecified atom stereocenters. The van der Waals surface area contributed by atoms with Crippen molar-refractivity contribution in [3.8, 4) is 0 Å². The van der Waals surface area contributed by atoms with Crippen LogP contribution in [-0.4, -0.2) is 5.91 Å². The Balaban J connectivity index is 2.23. The standard InChI is InChI=1S/C16H14F3NO/c1-9-8-11(17)6-7-12(9)16(21)20-10(2)15-13(18)4-3-5-14(15)19/h3-8,10H,1-2H3,(H,20,21). The largest absolute Gasteiger partial charge is 0.345 e. The van der Waals surface area contributed by atoms with Crippen molar-refractivity contribution in [2.24, 2.45) is 0 Å². The van der Waals surface area contributed by atoms with E-state index >= 15 is 0 Å². The Morgan fingerprint density at radius 2 is 1.71 bits per heavy atom. The lowest BCUT2D eigenvalue weighted by Gasteiger charge is -2.16. The third-order valence-corrected chi connectivity index (χ3v) is 3.21. The smallest absolute Gasteiger partial charge is 0.252 e. The first-order valence-electron chi connectivity index (χ1n) is 6.41. The minimum absolute atomic E-state index is 0.203. The highest BCUT2D eigenvalue weighted by Crippen LogP contribution is 2.21. The summed E-state index contributed by atoms with van der Waals surface area (Å²) >= 11 is 0. The maximum Gasteiger partial charge on any atom is 0.252 e. The quantitative estimate of drug-likeness (QED) is 0.913. The molecule has 0 bridgehead atoms. The van der Waals surface area contributed by atoms with E-state index in [9.17, 15) is 18.0 Å². The Hall–Kier alpha value is -2.30. The number of amides is 1. The van der Waals surface area contributed by atoms with E-state index in [0.717, 1.165) is 18.2 Å². The third-order valence-electron chi connectivity index (χ3n) is 3.21. The molecular formula is C16H14F3NO. The topological polar surface area (TPSA) is 29.1 Å². The van der Waals surface area contributed by atoms with Crippen LogP contribution in [-0.2, 0) is 0 Å². The Morgan fingerprint density at radius 1 is 1.10 bits per heavy atom. The van der Waals surface area contributed by atoms with Crippen LogP contribution >= 0.6 is 0 Å². The van der Waals surface area contributed by atoms with E-state index < -0.39 is 29.4 Å². The number of benzene rings is 2. The number of aryl methyl sites for hydroxylation is 1. The molecule has 0 saturated heterocycles. The van der Waals surface area contributed by atoms with E-state index in [-0.39, 0.29) is 11.1 Å². The van der Waals surface area contributed by atoms with Crippen molar-refractivity contribution in [1.29, 1.82) is 0 Å². The molecule has 0 heterocycles. The Bertz CT molecular complexity index is 665. The Labute approximate surface area is 120 Å². The summed E-state index contributed by atoms with van der Waals surface area (Å²) in [4.78, 5) is 12.1. The number of carbonyl (C=O) groups is 1. The summed E-state index contributed by atoms with van der Waals surface area (Å²) in [5.74, 6) is -2.41. The van der Waals surface area contributed by atoms with Crippen molar-refractivity contribution < 1.29 is 18.0 Å². The number of carbonyl (C=O) groups excluding carboxylic acids is 1. The van der Waals surface area contributed by atoms with Crippen LogP contribution in [0, 0.1) is 24.4 Å². The first-order chi connectivity index (χ1) is 9.90. The van der Waals surface area contributed by atoms with Crippen molar-refractivity contribution in [2.75, 3.05) is 0 Å². The fourth-order valence-electron chi connectivity index (χ4n) is 2.15. The number of halogens is 3. The molecule has 2 aromatic rings. The SMILES string of the molecule is Cc1cc(F)ccc1C(=O)NC(C)c1c(F)cccc1F. The monoisotopic (exact) mass is 293 g/mol. The molecule has 0 spiro atoms. The maximum atomic E-state index is 13.6. The predicted molar refractivity (Wildman–Crippen MR) is 73.4 cm³/mol. The molecule has 0 saturated carbocycles. The van der Waals surface area contributed by atoms with Gasteiger partial charge in [-0.1, -0.05) is 6.07 Å². The maximum absolute atomic E-state index is 13.6. The predicted octanol–water partition coefficient (Wildman–Crippen LogP) is 3.90. The summed E-state index contributed by atoms with van der Waals surface area (Å²) in [7, 11) is 0. The highest BCUT2D eigenvalue weighted by molar-refractivity contribution is 5.95. The summed E-state index contributed by atoms with van der Waals surface area (Å²) in [6, 6.07) is 6.40. The molecule has 0 aliphatic heterocycles. The number of nitrogens with one attached hydrogen (secondary N) is 1. The summed E-state index contributed by atoms with van der Waals surface area (Å²) in [5.41, 5.74) is 0.513. The lowest BCUT2D eigenvalue weighted by Crippen LogP contribution is -2.28. The normalized spacial score (nSPS) is 12.0. The van der Waals surface area contributed by atoms with E-state index in [1.165, 1.54) is 25.1 Å². The summed E-state index contributed by atoms with van der Waals surface area (Å²) in [6.45, 7) is 3.07. The van der Waals surface area contributed by atoms with Crippen LogP contribution in [0.2, 0.25) is 0 Å². The van der Waals surface area contributed by atoms with Gasteiger partial charge in [0.05, 0.1) is 6.04 Å². The van der Waals surface area contributed by atoms with Crippen LogP contribution in [0.4, 0.5) is 13.2 Å². The van der Waals surface area contributed by atoms with Gasteiger partial charge < -0.3 is 5.32 Å². The molecule has 0 aliphatic carbocycles. The van der Waals surface area contributed by atoms with E-state index in [4.69, 9.17) is 0 Å². The molecule has 2 nitrogen and oxygen atoms in total. The van der Waals surface area contributed by atoms with Crippen molar-refractivity contribution >= 4 is 5.91 Å². The van der Waals surface area contributed by atoms with Gasteiger partial charge in [0.2, 0.25) is 0 Å². The summed E-state index contributed by atoms with van der Waals surface area (Å²) in [6.07, 6.45) is 0. The fourth-order valence-corrected chi connectivity index (χ4v) is 2.15. The van der Waals surface area contributed by atoms with Crippen LogP contribution in [0.25, 0.3) is 0 Å². The second kappa shape index (κ2) is 5.99. The average molecular weight is 293 g/mol. The zero-order chi connectivity index (χ0) is 15.6. The number of hydrogen-bond acceptors (Lipinski definition) is 1. The van der Waals surface area contributed by atoms with Gasteiger partial charge in [-0.15, -0.1) is 0 Å². The number of hydrogen-bond donors (Lipinski definition) is 1. The van der Waals surface area contributed by atoms with E-state index in [2.05, 4.69) is 5.32 Å². The van der Waals surface area contributed by atoms with Gasteiger partial charge in [0.15, 0.2) is 0 Å². The second-order valence-electron chi connectivity index (χ2n) is 4.79. The van der Waals surface area contributed by atoms with E-state index in [0.29, 0.717) is 5.56 Å². The molecule has 0 aromatic heterocycles. The molecule has 0 radical (unpaired) electrons. The van der Waals surface area contributed by atoms with Crippen LogP contribution < -0.4 is 5.32 Å². The minimum atomic E-state index is -0.844. The molecule has 2 rings (SSSR count). The zero-order valence-electron chi connectivity index (χ0n) is 11.6. The minimum Gasteiger partial charge on any atom is -0.345 e. The van der Waals surface area contributed by atoms with Gasteiger partial charge in [-0.25, -0.2) is 13.2 Å². The zero-order valence-corrected chi connectivity index (χ0v) is 11.6. The lowest BCUT2D eigenvalue weighted by atomic mass is 10.0. The van der Waals surface area contributed by atoms with Crippen LogP contribution in [0.15, 0.2) is 36.4 Å². The molecule has 5 heteroatoms. The van der Waals surface area contributed by atoms with Gasteiger partial charge in [0, 0.05) is 11.1 Å². The van der Waals surface area contributed by atoms with Crippen molar-refractivity contribution in [1.82, 2.24) is 5.32 Å². The highest BCUT2D eigenvalue weighted by atomic mass is 19.1. The molecule has 110 valence electrons. The molecule has 0 aliphatic rings. The van der Waals surface area contributed by atoms with E-state index in [1.807, 2.05) is 0 Å². The molecule has 0 fully saturated rings. The van der Waals surface area contributed by atoms with Crippen molar-refractivity contribution in [3.63, 3.8) is 0 Å². The van der Waals surface area contributed by atoms with Crippen LogP contribution in [0.3, 0.4) is 0 Å². The molecule has 2 aromatic carbocycles. The van der Waals surface area contributed by atoms with Gasteiger partial charge in [0.1, 0.15) is 17.5 Å². The fraction of sp³-hybridized carbons (Fsp3) is 0.188. The lowest BCUT2D eigenvalue weighted by molar-refractivity contribution is 0.0938. The number of rotatable bonds is 3. The Morgan fingerprint density at radius 3 is 2.29 bits per heavy atom. The third kappa shape index (κ3) is 3.24. The molecule has 1 atom stereocenters. The van der Waals surface area contributed by atoms with Gasteiger partial charge in [0.25, 0.3) is 5.91 Å². The van der Waals surface area contributed by atoms with Crippen LogP contribution in [0.1, 0.15) is 34.5 Å². The van der Waals surface area contributed by atoms with E-state index in [1.54, 1.807) is 6.92 Å².